The van der Waals surface area contributed by atoms with Gasteiger partial charge in [0.25, 0.3) is 33.7 Å². The summed E-state index contributed by atoms with van der Waals surface area (Å²) >= 11 is 0. The first-order chi connectivity index (χ1) is 14.1. The highest BCUT2D eigenvalue weighted by Crippen LogP contribution is 2.20. The maximum atomic E-state index is 11.7. The standard InChI is InChI=1S/C14H16N2O9S.H2O4S/c17-10-5-6-11(18)15(10)7-3-1-2-4-13(20)25-16-12(19)8-9(14(16)21)26(22,23)24;1-5(2,3)4/h5-6,9H,1-4,7-8H2,(H,22,23,24);(H2,1,2,3,4). The summed E-state index contributed by atoms with van der Waals surface area (Å²) in [5, 5.41) is -1.92. The molecule has 0 aromatic heterocycles. The second-order valence-corrected chi connectivity index (χ2v) is 8.61. The Kier molecular flexibility index (Phi) is 8.94. The van der Waals surface area contributed by atoms with Crippen molar-refractivity contribution in [3.05, 3.63) is 12.2 Å². The van der Waals surface area contributed by atoms with Crippen LogP contribution in [0.15, 0.2) is 12.2 Å². The molecule has 15 nitrogen and oxygen atoms in total. The number of hydroxylamine groups is 2. The second kappa shape index (κ2) is 10.5. The fraction of sp³-hybridized carbons (Fsp3) is 0.500. The van der Waals surface area contributed by atoms with E-state index >= 15 is 0 Å². The van der Waals surface area contributed by atoms with E-state index < -0.39 is 61.8 Å². The number of imide groups is 2. The van der Waals surface area contributed by atoms with E-state index in [4.69, 9.17) is 22.1 Å². The number of unbranched alkanes of at least 4 members (excludes halogenated alkanes) is 2. The number of nitrogens with zero attached hydrogens (tertiary/aromatic N) is 2. The molecule has 1 unspecified atom stereocenters. The first-order valence-corrected chi connectivity index (χ1v) is 11.3. The Hall–Kier alpha value is -2.73. The van der Waals surface area contributed by atoms with Gasteiger partial charge in [0.15, 0.2) is 5.25 Å². The monoisotopic (exact) mass is 486 g/mol. The molecule has 2 heterocycles. The molecule has 174 valence electrons. The number of hydrogen-bond donors (Lipinski definition) is 3. The van der Waals surface area contributed by atoms with Crippen LogP contribution < -0.4 is 0 Å². The first-order valence-electron chi connectivity index (χ1n) is 8.38. The molecule has 31 heavy (non-hydrogen) atoms. The Morgan fingerprint density at radius 1 is 0.968 bits per heavy atom. The Morgan fingerprint density at radius 3 is 1.94 bits per heavy atom. The summed E-state index contributed by atoms with van der Waals surface area (Å²) in [4.78, 5) is 63.2. The van der Waals surface area contributed by atoms with Gasteiger partial charge in [0.2, 0.25) is 0 Å². The molecule has 4 amide bonds. The third kappa shape index (κ3) is 8.89. The van der Waals surface area contributed by atoms with E-state index in [2.05, 4.69) is 4.84 Å². The molecular formula is C14H18N2O13S2. The molecule has 1 atom stereocenters. The third-order valence-electron chi connectivity index (χ3n) is 3.78. The molecule has 0 aromatic carbocycles. The van der Waals surface area contributed by atoms with Gasteiger partial charge in [0.1, 0.15) is 0 Å². The van der Waals surface area contributed by atoms with Crippen molar-refractivity contribution in [1.82, 2.24) is 9.96 Å². The van der Waals surface area contributed by atoms with Gasteiger partial charge in [0, 0.05) is 25.1 Å². The quantitative estimate of drug-likeness (QED) is 0.197. The summed E-state index contributed by atoms with van der Waals surface area (Å²) in [6.07, 6.45) is 2.62. The lowest BCUT2D eigenvalue weighted by molar-refractivity contribution is -0.197. The average Bonchev–Trinajstić information content (AvgIpc) is 3.07. The zero-order valence-electron chi connectivity index (χ0n) is 15.6. The molecule has 0 aliphatic carbocycles. The van der Waals surface area contributed by atoms with Crippen LogP contribution in [0.2, 0.25) is 0 Å². The smallest absolute Gasteiger partial charge is 0.330 e. The number of hydrogen-bond acceptors (Lipinski definition) is 10. The van der Waals surface area contributed by atoms with Crippen LogP contribution in [0.1, 0.15) is 32.1 Å². The van der Waals surface area contributed by atoms with Crippen molar-refractivity contribution in [3.63, 3.8) is 0 Å². The van der Waals surface area contributed by atoms with Crippen LogP contribution >= 0.6 is 0 Å². The highest BCUT2D eigenvalue weighted by molar-refractivity contribution is 7.87. The van der Waals surface area contributed by atoms with Crippen LogP contribution in [-0.4, -0.2) is 81.8 Å². The molecule has 1 fully saturated rings. The summed E-state index contributed by atoms with van der Waals surface area (Å²) in [5.74, 6) is -4.06. The largest absolute Gasteiger partial charge is 0.394 e. The van der Waals surface area contributed by atoms with Gasteiger partial charge in [-0.2, -0.15) is 16.8 Å². The van der Waals surface area contributed by atoms with Crippen LogP contribution in [0.4, 0.5) is 0 Å². The molecule has 0 radical (unpaired) electrons. The summed E-state index contributed by atoms with van der Waals surface area (Å²) in [6.45, 7) is 0.207. The van der Waals surface area contributed by atoms with Crippen molar-refractivity contribution in [3.8, 4) is 0 Å². The molecule has 0 aromatic rings. The van der Waals surface area contributed by atoms with Gasteiger partial charge < -0.3 is 4.84 Å². The fourth-order valence-electron chi connectivity index (χ4n) is 2.43. The first kappa shape index (κ1) is 26.3. The van der Waals surface area contributed by atoms with E-state index in [1.807, 2.05) is 0 Å². The fourth-order valence-corrected chi connectivity index (χ4v) is 3.13. The lowest BCUT2D eigenvalue weighted by atomic mass is 10.2. The molecule has 3 N–H and O–H groups in total. The predicted molar refractivity (Wildman–Crippen MR) is 96.4 cm³/mol. The number of amides is 4. The summed E-state index contributed by atoms with van der Waals surface area (Å²) < 4.78 is 62.4. The highest BCUT2D eigenvalue weighted by Gasteiger charge is 2.48. The lowest BCUT2D eigenvalue weighted by Crippen LogP contribution is -2.36. The molecule has 1 saturated heterocycles. The molecule has 0 spiro atoms. The molecular weight excluding hydrogens is 468 g/mol. The summed E-state index contributed by atoms with van der Waals surface area (Å²) in [7, 11) is -9.43. The molecule has 17 heteroatoms. The summed E-state index contributed by atoms with van der Waals surface area (Å²) in [6, 6.07) is 0. The van der Waals surface area contributed by atoms with Crippen LogP contribution in [-0.2, 0) is 49.3 Å². The van der Waals surface area contributed by atoms with E-state index in [0.29, 0.717) is 19.3 Å². The van der Waals surface area contributed by atoms with Gasteiger partial charge in [0.05, 0.1) is 6.42 Å². The zero-order chi connectivity index (χ0) is 24.0. The van der Waals surface area contributed by atoms with Crippen molar-refractivity contribution >= 4 is 50.1 Å². The third-order valence-corrected chi connectivity index (χ3v) is 4.87. The van der Waals surface area contributed by atoms with Gasteiger partial charge in [-0.25, -0.2) is 4.79 Å². The lowest BCUT2D eigenvalue weighted by Gasteiger charge is -2.14. The Morgan fingerprint density at radius 2 is 1.48 bits per heavy atom. The maximum absolute atomic E-state index is 11.7. The highest BCUT2D eigenvalue weighted by atomic mass is 32.3. The minimum atomic E-state index is -4.76. The second-order valence-electron chi connectivity index (χ2n) is 6.12. The molecule has 0 saturated carbocycles. The summed E-state index contributed by atoms with van der Waals surface area (Å²) in [5.41, 5.74) is 0. The van der Waals surface area contributed by atoms with Crippen LogP contribution in [0, 0.1) is 0 Å². The SMILES string of the molecule is O=C(CCCCCN1C(=O)C=CC1=O)ON1C(=O)CC(S(=O)(=O)O)C1=O.O=S(=O)(O)O. The van der Waals surface area contributed by atoms with Gasteiger partial charge in [-0.15, -0.1) is 5.06 Å². The minimum absolute atomic E-state index is 0.0496. The molecule has 2 rings (SSSR count). The number of carbonyl (C=O) groups excluding carboxylic acids is 5. The van der Waals surface area contributed by atoms with Gasteiger partial charge in [-0.05, 0) is 12.8 Å². The molecule has 2 aliphatic heterocycles. The van der Waals surface area contributed by atoms with Gasteiger partial charge in [-0.3, -0.25) is 37.7 Å². The van der Waals surface area contributed by atoms with Crippen molar-refractivity contribution in [2.45, 2.75) is 37.4 Å². The van der Waals surface area contributed by atoms with Crippen LogP contribution in [0.5, 0.6) is 0 Å². The molecule has 0 bridgehead atoms. The average molecular weight is 486 g/mol. The van der Waals surface area contributed by atoms with E-state index in [9.17, 15) is 32.4 Å². The Labute approximate surface area is 175 Å². The molecule has 2 aliphatic rings. The topological polar surface area (TPSA) is 230 Å². The van der Waals surface area contributed by atoms with E-state index in [-0.39, 0.29) is 18.0 Å². The van der Waals surface area contributed by atoms with Crippen molar-refractivity contribution < 1.29 is 59.3 Å². The Balaban J connectivity index is 0.000000861. The van der Waals surface area contributed by atoms with E-state index in [1.54, 1.807) is 0 Å². The Bertz CT molecular complexity index is 973. The van der Waals surface area contributed by atoms with E-state index in [0.717, 1.165) is 4.90 Å². The zero-order valence-corrected chi connectivity index (χ0v) is 17.2. The van der Waals surface area contributed by atoms with Crippen LogP contribution in [0.3, 0.4) is 0 Å². The number of carbonyl (C=O) groups is 5. The van der Waals surface area contributed by atoms with E-state index in [1.165, 1.54) is 12.2 Å². The number of rotatable bonds is 8. The predicted octanol–water partition coefficient (Wildman–Crippen LogP) is -1.71. The maximum Gasteiger partial charge on any atom is 0.394 e. The van der Waals surface area contributed by atoms with Crippen molar-refractivity contribution in [2.75, 3.05) is 6.54 Å². The normalized spacial score (nSPS) is 19.0. The van der Waals surface area contributed by atoms with Crippen molar-refractivity contribution in [2.24, 2.45) is 0 Å². The van der Waals surface area contributed by atoms with Gasteiger partial charge in [-0.1, -0.05) is 6.42 Å². The van der Waals surface area contributed by atoms with Crippen molar-refractivity contribution in [1.29, 1.82) is 0 Å². The minimum Gasteiger partial charge on any atom is -0.330 e. The van der Waals surface area contributed by atoms with Crippen LogP contribution in [0.25, 0.3) is 0 Å². The van der Waals surface area contributed by atoms with Gasteiger partial charge >= 0.3 is 16.4 Å².